The van der Waals surface area contributed by atoms with Gasteiger partial charge in [-0.05, 0) is 0 Å². The Hall–Kier alpha value is -1.42. The number of rotatable bonds is 8. The second-order valence-electron chi connectivity index (χ2n) is 7.42. The molecule has 2 heterocycles. The Bertz CT molecular complexity index is 609. The highest BCUT2D eigenvalue weighted by Crippen LogP contribution is 2.30. The molecule has 0 saturated carbocycles. The molecule has 0 aromatic carbocycles. The van der Waals surface area contributed by atoms with Crippen molar-refractivity contribution in [2.45, 2.75) is 75.1 Å². The molecular weight excluding hydrogens is 420 g/mol. The molecule has 2 saturated heterocycles. The summed E-state index contributed by atoms with van der Waals surface area (Å²) in [5.41, 5.74) is 0. The molecule has 0 aliphatic carbocycles. The third-order valence-electron chi connectivity index (χ3n) is 5.24. The van der Waals surface area contributed by atoms with E-state index in [0.717, 1.165) is 0 Å². The normalized spacial score (nSPS) is 40.9. The summed E-state index contributed by atoms with van der Waals surface area (Å²) < 4.78 is 27.5. The molecule has 0 aromatic heterocycles. The molecule has 4 unspecified atom stereocenters. The zero-order valence-electron chi connectivity index (χ0n) is 17.8. The van der Waals surface area contributed by atoms with Gasteiger partial charge in [-0.1, -0.05) is 0 Å². The van der Waals surface area contributed by atoms with Gasteiger partial charge in [0.15, 0.2) is 12.6 Å². The topological polar surface area (TPSA) is 185 Å². The number of methoxy groups -OCH3 is 2. The molecule has 2 fully saturated rings. The number of amides is 2. The average molecular weight is 452 g/mol. The van der Waals surface area contributed by atoms with Crippen LogP contribution in [0.15, 0.2) is 0 Å². The maximum atomic E-state index is 11.7. The number of hydrogen-bond donors (Lipinski definition) is 6. The van der Waals surface area contributed by atoms with Gasteiger partial charge in [0, 0.05) is 28.1 Å². The van der Waals surface area contributed by atoms with Crippen molar-refractivity contribution in [3.8, 4) is 0 Å². The van der Waals surface area contributed by atoms with Crippen LogP contribution in [0.4, 0.5) is 0 Å². The van der Waals surface area contributed by atoms with Crippen LogP contribution in [-0.4, -0.2) is 121 Å². The van der Waals surface area contributed by atoms with E-state index in [4.69, 9.17) is 23.7 Å². The molecule has 31 heavy (non-hydrogen) atoms. The standard InChI is InChI=1S/C18H32N2O11/c1-7(23)19-11-14(26)16(10(6-22)29-17(11)28-4)31-18-12(20-8(2)24)13(25)15(27-3)9(5-21)30-18/h9-18,21-22,25-26H,5-6H2,1-4H3,(H,19,23)(H,20,24)/t9?,10?,11-,12?,13+,14?,15+,16-,17+,18+/m0/s1. The third-order valence-corrected chi connectivity index (χ3v) is 5.24. The van der Waals surface area contributed by atoms with E-state index in [1.807, 2.05) is 0 Å². The van der Waals surface area contributed by atoms with Crippen molar-refractivity contribution in [2.24, 2.45) is 0 Å². The highest BCUT2D eigenvalue weighted by Gasteiger charge is 2.52. The van der Waals surface area contributed by atoms with Crippen LogP contribution in [0.25, 0.3) is 0 Å². The molecule has 2 aliphatic rings. The summed E-state index contributed by atoms with van der Waals surface area (Å²) in [6.45, 7) is 1.39. The second kappa shape index (κ2) is 11.4. The smallest absolute Gasteiger partial charge is 0.217 e. The number of ether oxygens (including phenoxy) is 5. The monoisotopic (exact) mass is 452 g/mol. The first kappa shape index (κ1) is 25.8. The van der Waals surface area contributed by atoms with Gasteiger partial charge in [0.2, 0.25) is 11.8 Å². The molecule has 180 valence electrons. The van der Waals surface area contributed by atoms with Gasteiger partial charge >= 0.3 is 0 Å². The number of carbonyl (C=O) groups is 2. The maximum Gasteiger partial charge on any atom is 0.217 e. The van der Waals surface area contributed by atoms with Crippen molar-refractivity contribution >= 4 is 11.8 Å². The lowest BCUT2D eigenvalue weighted by Crippen LogP contribution is -2.69. The molecule has 2 amide bonds. The Morgan fingerprint density at radius 3 is 1.71 bits per heavy atom. The van der Waals surface area contributed by atoms with Crippen LogP contribution in [0, 0.1) is 0 Å². The molecule has 13 nitrogen and oxygen atoms in total. The van der Waals surface area contributed by atoms with Crippen molar-refractivity contribution in [1.29, 1.82) is 0 Å². The van der Waals surface area contributed by atoms with Crippen LogP contribution in [0.3, 0.4) is 0 Å². The summed E-state index contributed by atoms with van der Waals surface area (Å²) in [6, 6.07) is -2.17. The van der Waals surface area contributed by atoms with Crippen molar-refractivity contribution < 1.29 is 53.7 Å². The third kappa shape index (κ3) is 5.88. The van der Waals surface area contributed by atoms with E-state index >= 15 is 0 Å². The van der Waals surface area contributed by atoms with Crippen molar-refractivity contribution in [1.82, 2.24) is 10.6 Å². The molecule has 13 heteroatoms. The summed E-state index contributed by atoms with van der Waals surface area (Å²) in [7, 11) is 2.63. The molecule has 0 radical (unpaired) electrons. The Morgan fingerprint density at radius 2 is 1.26 bits per heavy atom. The van der Waals surface area contributed by atoms with Crippen molar-refractivity contribution in [3.05, 3.63) is 0 Å². The van der Waals surface area contributed by atoms with E-state index in [2.05, 4.69) is 10.6 Å². The minimum Gasteiger partial charge on any atom is -0.394 e. The highest BCUT2D eigenvalue weighted by molar-refractivity contribution is 5.73. The summed E-state index contributed by atoms with van der Waals surface area (Å²) >= 11 is 0. The van der Waals surface area contributed by atoms with Crippen LogP contribution in [0.5, 0.6) is 0 Å². The molecular formula is C18H32N2O11. The molecule has 2 aliphatic heterocycles. The molecule has 6 N–H and O–H groups in total. The minimum atomic E-state index is -1.41. The maximum absolute atomic E-state index is 11.7. The van der Waals surface area contributed by atoms with Gasteiger partial charge in [-0.2, -0.15) is 0 Å². The lowest BCUT2D eigenvalue weighted by Gasteiger charge is -2.48. The Morgan fingerprint density at radius 1 is 0.806 bits per heavy atom. The number of hydrogen-bond acceptors (Lipinski definition) is 11. The summed E-state index contributed by atoms with van der Waals surface area (Å²) in [5, 5.41) is 46.0. The fourth-order valence-corrected chi connectivity index (χ4v) is 3.84. The molecule has 0 bridgehead atoms. The first-order valence-electron chi connectivity index (χ1n) is 9.82. The van der Waals surface area contributed by atoms with E-state index in [1.165, 1.54) is 28.1 Å². The van der Waals surface area contributed by atoms with Crippen molar-refractivity contribution in [2.75, 3.05) is 27.4 Å². The predicted molar refractivity (Wildman–Crippen MR) is 101 cm³/mol. The van der Waals surface area contributed by atoms with Gasteiger partial charge < -0.3 is 54.7 Å². The predicted octanol–water partition coefficient (Wildman–Crippen LogP) is -3.80. The molecule has 10 atom stereocenters. The summed E-state index contributed by atoms with van der Waals surface area (Å²) in [6.07, 6.45) is -9.45. The largest absolute Gasteiger partial charge is 0.394 e. The molecule has 2 rings (SSSR count). The Kier molecular flexibility index (Phi) is 9.54. The van der Waals surface area contributed by atoms with Crippen LogP contribution in [0.2, 0.25) is 0 Å². The van der Waals surface area contributed by atoms with Gasteiger partial charge in [0.05, 0.1) is 13.2 Å². The van der Waals surface area contributed by atoms with Gasteiger partial charge in [-0.15, -0.1) is 0 Å². The lowest BCUT2D eigenvalue weighted by atomic mass is 9.94. The van der Waals surface area contributed by atoms with Crippen LogP contribution < -0.4 is 10.6 Å². The quantitative estimate of drug-likeness (QED) is 0.212. The SMILES string of the molecule is CO[C@@H]1OC(CO)[C@H](O[C@H]2OC(CO)[C@@H](OC)[C@H](O)C2NC(C)=O)C(O)[C@@H]1NC(C)=O. The second-order valence-corrected chi connectivity index (χ2v) is 7.42. The Balaban J connectivity index is 2.30. The zero-order valence-corrected chi connectivity index (χ0v) is 17.8. The van der Waals surface area contributed by atoms with Gasteiger partial charge in [0.1, 0.15) is 48.7 Å². The van der Waals surface area contributed by atoms with Crippen molar-refractivity contribution in [3.63, 3.8) is 0 Å². The fourth-order valence-electron chi connectivity index (χ4n) is 3.84. The first-order chi connectivity index (χ1) is 14.7. The Labute approximate surface area is 179 Å². The number of aliphatic hydroxyl groups excluding tert-OH is 4. The van der Waals surface area contributed by atoms with Gasteiger partial charge in [-0.3, -0.25) is 9.59 Å². The molecule has 0 aromatic rings. The average Bonchev–Trinajstić information content (AvgIpc) is 2.72. The fraction of sp³-hybridized carbons (Fsp3) is 0.889. The van der Waals surface area contributed by atoms with E-state index in [9.17, 15) is 30.0 Å². The number of nitrogens with one attached hydrogen (secondary N) is 2. The summed E-state index contributed by atoms with van der Waals surface area (Å²) in [5.74, 6) is -0.951. The van der Waals surface area contributed by atoms with E-state index in [1.54, 1.807) is 0 Å². The van der Waals surface area contributed by atoms with E-state index in [0.29, 0.717) is 0 Å². The minimum absolute atomic E-state index is 0.459. The van der Waals surface area contributed by atoms with Gasteiger partial charge in [0.25, 0.3) is 0 Å². The summed E-state index contributed by atoms with van der Waals surface area (Å²) in [4.78, 5) is 23.2. The van der Waals surface area contributed by atoms with E-state index < -0.39 is 86.3 Å². The number of aliphatic hydroxyl groups is 4. The lowest BCUT2D eigenvalue weighted by molar-refractivity contribution is -0.331. The number of carbonyl (C=O) groups excluding carboxylic acids is 2. The highest BCUT2D eigenvalue weighted by atomic mass is 16.7. The molecule has 0 spiro atoms. The van der Waals surface area contributed by atoms with Gasteiger partial charge in [-0.25, -0.2) is 0 Å². The zero-order chi connectivity index (χ0) is 23.3. The van der Waals surface area contributed by atoms with Crippen LogP contribution in [0.1, 0.15) is 13.8 Å². The first-order valence-corrected chi connectivity index (χ1v) is 9.82. The van der Waals surface area contributed by atoms with E-state index in [-0.39, 0.29) is 0 Å². The van der Waals surface area contributed by atoms with Crippen LogP contribution >= 0.6 is 0 Å². The van der Waals surface area contributed by atoms with Crippen LogP contribution in [-0.2, 0) is 33.3 Å².